The Morgan fingerprint density at radius 1 is 0.842 bits per heavy atom. The van der Waals surface area contributed by atoms with Crippen LogP contribution in [0, 0.1) is 11.8 Å². The second kappa shape index (κ2) is 7.64. The van der Waals surface area contributed by atoms with Crippen molar-refractivity contribution in [3.05, 3.63) is 0 Å². The molecule has 2 aliphatic rings. The fourth-order valence-electron chi connectivity index (χ4n) is 3.72. The van der Waals surface area contributed by atoms with Crippen LogP contribution in [0.2, 0.25) is 0 Å². The van der Waals surface area contributed by atoms with Crippen LogP contribution in [0.25, 0.3) is 0 Å². The van der Waals surface area contributed by atoms with Crippen molar-refractivity contribution >= 4 is 0 Å². The van der Waals surface area contributed by atoms with Crippen LogP contribution in [-0.4, -0.2) is 36.6 Å². The van der Waals surface area contributed by atoms with Gasteiger partial charge in [0.05, 0.1) is 0 Å². The van der Waals surface area contributed by atoms with Gasteiger partial charge in [0.25, 0.3) is 0 Å². The summed E-state index contributed by atoms with van der Waals surface area (Å²) in [6.07, 6.45) is 10.00. The van der Waals surface area contributed by atoms with Gasteiger partial charge in [0.15, 0.2) is 0 Å². The van der Waals surface area contributed by atoms with E-state index in [0.717, 1.165) is 11.8 Å². The predicted octanol–water partition coefficient (Wildman–Crippen LogP) is 3.67. The summed E-state index contributed by atoms with van der Waals surface area (Å²) >= 11 is 0. The summed E-state index contributed by atoms with van der Waals surface area (Å²) in [6.45, 7) is 11.0. The third kappa shape index (κ3) is 5.43. The van der Waals surface area contributed by atoms with E-state index in [4.69, 9.17) is 0 Å². The predicted molar refractivity (Wildman–Crippen MR) is 83.5 cm³/mol. The summed E-state index contributed by atoms with van der Waals surface area (Å²) in [7, 11) is 0. The van der Waals surface area contributed by atoms with Gasteiger partial charge in [0.2, 0.25) is 0 Å². The number of hydrogen-bond donors (Lipinski definition) is 1. The first-order valence-corrected chi connectivity index (χ1v) is 8.62. The normalized spacial score (nSPS) is 38.7. The summed E-state index contributed by atoms with van der Waals surface area (Å²) in [6, 6.07) is 1.38. The quantitative estimate of drug-likeness (QED) is 0.838. The molecule has 0 aromatic carbocycles. The van der Waals surface area contributed by atoms with Crippen LogP contribution < -0.4 is 5.32 Å². The zero-order chi connectivity index (χ0) is 13.7. The van der Waals surface area contributed by atoms with Gasteiger partial charge in [-0.05, 0) is 64.6 Å². The lowest BCUT2D eigenvalue weighted by atomic mass is 9.81. The molecule has 2 heteroatoms. The summed E-state index contributed by atoms with van der Waals surface area (Å²) in [5.41, 5.74) is 0. The Bertz CT molecular complexity index is 234. The third-order valence-corrected chi connectivity index (χ3v) is 5.31. The number of rotatable bonds is 3. The molecule has 1 saturated carbocycles. The van der Waals surface area contributed by atoms with Gasteiger partial charge in [0.1, 0.15) is 0 Å². The van der Waals surface area contributed by atoms with Gasteiger partial charge in [-0.2, -0.15) is 0 Å². The van der Waals surface area contributed by atoms with Crippen molar-refractivity contribution in [3.8, 4) is 0 Å². The minimum absolute atomic E-state index is 0.688. The second-order valence-corrected chi connectivity index (χ2v) is 7.30. The Morgan fingerprint density at radius 2 is 1.42 bits per heavy atom. The van der Waals surface area contributed by atoms with Gasteiger partial charge < -0.3 is 10.2 Å². The van der Waals surface area contributed by atoms with Crippen LogP contribution >= 0.6 is 0 Å². The molecule has 0 aromatic rings. The molecule has 1 saturated heterocycles. The molecule has 2 nitrogen and oxygen atoms in total. The topological polar surface area (TPSA) is 15.3 Å². The summed E-state index contributed by atoms with van der Waals surface area (Å²) in [4.78, 5) is 2.73. The van der Waals surface area contributed by atoms with Gasteiger partial charge in [-0.15, -0.1) is 0 Å². The van der Waals surface area contributed by atoms with Crippen molar-refractivity contribution in [1.82, 2.24) is 10.2 Å². The van der Waals surface area contributed by atoms with E-state index < -0.39 is 0 Å². The highest BCUT2D eigenvalue weighted by molar-refractivity contribution is 4.77. The van der Waals surface area contributed by atoms with Crippen molar-refractivity contribution in [3.63, 3.8) is 0 Å². The van der Waals surface area contributed by atoms with Gasteiger partial charge in [-0.25, -0.2) is 0 Å². The molecular formula is C17H34N2. The van der Waals surface area contributed by atoms with E-state index in [-0.39, 0.29) is 0 Å². The molecule has 0 radical (unpaired) electrons. The van der Waals surface area contributed by atoms with Crippen molar-refractivity contribution in [2.24, 2.45) is 11.8 Å². The standard InChI is InChI=1S/C17H34N2/c1-14-4-6-17(7-5-14)10-13-19-11-8-15(2)18-16(3)9-12-19/h14-18H,4-13H2,1-3H3. The lowest BCUT2D eigenvalue weighted by Crippen LogP contribution is -2.43. The fourth-order valence-corrected chi connectivity index (χ4v) is 3.72. The largest absolute Gasteiger partial charge is 0.312 e. The summed E-state index contributed by atoms with van der Waals surface area (Å²) in [5, 5.41) is 3.69. The molecule has 112 valence electrons. The third-order valence-electron chi connectivity index (χ3n) is 5.31. The van der Waals surface area contributed by atoms with Crippen LogP contribution in [0.4, 0.5) is 0 Å². The maximum absolute atomic E-state index is 3.69. The number of nitrogens with one attached hydrogen (secondary N) is 1. The van der Waals surface area contributed by atoms with E-state index in [0.29, 0.717) is 12.1 Å². The van der Waals surface area contributed by atoms with E-state index in [9.17, 15) is 0 Å². The first-order chi connectivity index (χ1) is 9.13. The molecule has 1 aliphatic heterocycles. The van der Waals surface area contributed by atoms with E-state index >= 15 is 0 Å². The Morgan fingerprint density at radius 3 is 2.00 bits per heavy atom. The average molecular weight is 266 g/mol. The minimum atomic E-state index is 0.688. The van der Waals surface area contributed by atoms with Crippen LogP contribution in [0.5, 0.6) is 0 Å². The number of hydrogen-bond acceptors (Lipinski definition) is 2. The zero-order valence-corrected chi connectivity index (χ0v) is 13.3. The molecule has 2 unspecified atom stereocenters. The van der Waals surface area contributed by atoms with E-state index in [1.165, 1.54) is 64.6 Å². The Kier molecular flexibility index (Phi) is 6.15. The van der Waals surface area contributed by atoms with Crippen molar-refractivity contribution in [1.29, 1.82) is 0 Å². The zero-order valence-electron chi connectivity index (χ0n) is 13.3. The Hall–Kier alpha value is -0.0800. The van der Waals surface area contributed by atoms with E-state index in [2.05, 4.69) is 31.0 Å². The molecule has 0 spiro atoms. The van der Waals surface area contributed by atoms with Crippen molar-refractivity contribution < 1.29 is 0 Å². The van der Waals surface area contributed by atoms with Gasteiger partial charge in [-0.1, -0.05) is 32.6 Å². The second-order valence-electron chi connectivity index (χ2n) is 7.30. The SMILES string of the molecule is CC1CCC(CCN2CCC(C)NC(C)CC2)CC1. The molecule has 1 aliphatic carbocycles. The molecular weight excluding hydrogens is 232 g/mol. The maximum atomic E-state index is 3.69. The van der Waals surface area contributed by atoms with E-state index in [1.54, 1.807) is 0 Å². The molecule has 2 atom stereocenters. The highest BCUT2D eigenvalue weighted by Gasteiger charge is 2.20. The van der Waals surface area contributed by atoms with Crippen LogP contribution in [0.1, 0.15) is 65.7 Å². The Labute approximate surface area is 120 Å². The summed E-state index contributed by atoms with van der Waals surface area (Å²) < 4.78 is 0. The van der Waals surface area contributed by atoms with Gasteiger partial charge in [0, 0.05) is 12.1 Å². The molecule has 2 rings (SSSR count). The maximum Gasteiger partial charge on any atom is 0.00533 e. The molecule has 0 bridgehead atoms. The molecule has 0 aromatic heterocycles. The molecule has 2 fully saturated rings. The molecule has 19 heavy (non-hydrogen) atoms. The lowest BCUT2D eigenvalue weighted by molar-refractivity contribution is 0.188. The molecule has 1 N–H and O–H groups in total. The average Bonchev–Trinajstić information content (AvgIpc) is 2.38. The minimum Gasteiger partial charge on any atom is -0.312 e. The number of nitrogens with zero attached hydrogens (tertiary/aromatic N) is 1. The molecule has 1 heterocycles. The van der Waals surface area contributed by atoms with Crippen LogP contribution in [0.15, 0.2) is 0 Å². The lowest BCUT2D eigenvalue weighted by Gasteiger charge is -2.33. The summed E-state index contributed by atoms with van der Waals surface area (Å²) in [5.74, 6) is 2.01. The van der Waals surface area contributed by atoms with Gasteiger partial charge in [-0.3, -0.25) is 0 Å². The fraction of sp³-hybridized carbons (Fsp3) is 1.00. The Balaban J connectivity index is 1.69. The highest BCUT2D eigenvalue weighted by Crippen LogP contribution is 2.30. The monoisotopic (exact) mass is 266 g/mol. The first kappa shape index (κ1) is 15.3. The highest BCUT2D eigenvalue weighted by atomic mass is 15.1. The van der Waals surface area contributed by atoms with Crippen molar-refractivity contribution in [2.75, 3.05) is 19.6 Å². The van der Waals surface area contributed by atoms with Crippen LogP contribution in [-0.2, 0) is 0 Å². The van der Waals surface area contributed by atoms with Crippen molar-refractivity contribution in [2.45, 2.75) is 77.8 Å². The van der Waals surface area contributed by atoms with E-state index in [1.807, 2.05) is 0 Å². The first-order valence-electron chi connectivity index (χ1n) is 8.62. The smallest absolute Gasteiger partial charge is 0.00533 e. The van der Waals surface area contributed by atoms with Crippen LogP contribution in [0.3, 0.4) is 0 Å². The van der Waals surface area contributed by atoms with Gasteiger partial charge >= 0.3 is 0 Å². The molecule has 0 amide bonds.